The van der Waals surface area contributed by atoms with E-state index in [-0.39, 0.29) is 24.1 Å². The molecule has 3 N–H and O–H groups in total. The summed E-state index contributed by atoms with van der Waals surface area (Å²) in [5.41, 5.74) is 8.38. The van der Waals surface area contributed by atoms with E-state index in [1.54, 1.807) is 0 Å². The van der Waals surface area contributed by atoms with Crippen molar-refractivity contribution in [1.29, 1.82) is 0 Å². The molecule has 4 rings (SSSR count). The summed E-state index contributed by atoms with van der Waals surface area (Å²) in [7, 11) is 0. The maximum absolute atomic E-state index is 14.5. The number of phenolic OH excluding ortho intramolecular Hbond substituents is 1. The van der Waals surface area contributed by atoms with Crippen molar-refractivity contribution in [3.05, 3.63) is 22.5 Å². The number of hydrogen-bond acceptors (Lipinski definition) is 5. The number of nitrogen functional groups attached to an aromatic ring is 1. The lowest BCUT2D eigenvalue weighted by Gasteiger charge is -2.18. The van der Waals surface area contributed by atoms with Gasteiger partial charge in [-0.1, -0.05) is 0 Å². The molecule has 0 radical (unpaired) electrons. The minimum Gasteiger partial charge on any atom is -0.505 e. The average Bonchev–Trinajstić information content (AvgIpc) is 3.31. The van der Waals surface area contributed by atoms with Gasteiger partial charge in [0.25, 0.3) is 0 Å². The molecule has 3 heterocycles. The molecular formula is C15H18FNO4. The smallest absolute Gasteiger partial charge is 0.170 e. The van der Waals surface area contributed by atoms with Crippen LogP contribution in [0.15, 0.2) is 0 Å². The van der Waals surface area contributed by atoms with Gasteiger partial charge in [0.15, 0.2) is 11.6 Å². The predicted molar refractivity (Wildman–Crippen MR) is 72.8 cm³/mol. The van der Waals surface area contributed by atoms with Crippen LogP contribution in [0.25, 0.3) is 0 Å². The highest BCUT2D eigenvalue weighted by molar-refractivity contribution is 5.63. The van der Waals surface area contributed by atoms with Crippen molar-refractivity contribution in [2.45, 2.75) is 37.6 Å². The molecule has 0 bridgehead atoms. The van der Waals surface area contributed by atoms with Gasteiger partial charge in [-0.25, -0.2) is 4.39 Å². The maximum Gasteiger partial charge on any atom is 0.170 e. The summed E-state index contributed by atoms with van der Waals surface area (Å²) in [5.74, 6) is -0.898. The molecule has 21 heavy (non-hydrogen) atoms. The van der Waals surface area contributed by atoms with Crippen molar-refractivity contribution < 1.29 is 23.7 Å². The van der Waals surface area contributed by atoms with Crippen LogP contribution in [0.4, 0.5) is 10.1 Å². The maximum atomic E-state index is 14.5. The summed E-state index contributed by atoms with van der Waals surface area (Å²) in [6.07, 6.45) is 1.72. The molecule has 0 aromatic heterocycles. The van der Waals surface area contributed by atoms with Gasteiger partial charge in [0.2, 0.25) is 0 Å². The second kappa shape index (κ2) is 4.83. The van der Waals surface area contributed by atoms with Crippen LogP contribution in [0.1, 0.15) is 16.7 Å². The number of nitrogens with two attached hydrogens (primary N) is 1. The number of phenols is 1. The van der Waals surface area contributed by atoms with Crippen LogP contribution in [0.5, 0.6) is 5.75 Å². The Morgan fingerprint density at radius 3 is 1.81 bits per heavy atom. The van der Waals surface area contributed by atoms with Gasteiger partial charge in [0.1, 0.15) is 0 Å². The highest BCUT2D eigenvalue weighted by atomic mass is 19.1. The van der Waals surface area contributed by atoms with Crippen molar-refractivity contribution >= 4 is 5.69 Å². The van der Waals surface area contributed by atoms with E-state index in [1.807, 2.05) is 0 Å². The van der Waals surface area contributed by atoms with Crippen LogP contribution in [0, 0.1) is 5.82 Å². The molecule has 114 valence electrons. The molecule has 3 fully saturated rings. The first-order chi connectivity index (χ1) is 10.1. The summed E-state index contributed by atoms with van der Waals surface area (Å²) in [5, 5.41) is 10.3. The molecule has 0 spiro atoms. The van der Waals surface area contributed by atoms with Gasteiger partial charge in [-0.3, -0.25) is 0 Å². The fraction of sp³-hybridized carbons (Fsp3) is 0.600. The number of aromatic hydroxyl groups is 1. The normalized spacial score (nSPS) is 29.5. The van der Waals surface area contributed by atoms with Gasteiger partial charge >= 0.3 is 0 Å². The standard InChI is InChI=1S/C15H18FNO4/c16-13-12(3-9-6-21-9)14(17)10(1-7-4-19-7)11(15(13)18)2-8-5-20-8/h7-9,18H,1-6,17H2. The van der Waals surface area contributed by atoms with Crippen molar-refractivity contribution in [2.24, 2.45) is 0 Å². The molecule has 5 nitrogen and oxygen atoms in total. The molecule has 3 aliphatic heterocycles. The Labute approximate surface area is 121 Å². The number of halogens is 1. The molecule has 6 heteroatoms. The first-order valence-electron chi connectivity index (χ1n) is 7.28. The second-order valence-electron chi connectivity index (χ2n) is 5.99. The Bertz CT molecular complexity index is 580. The molecule has 3 unspecified atom stereocenters. The predicted octanol–water partition coefficient (Wildman–Crippen LogP) is 0.937. The van der Waals surface area contributed by atoms with Crippen molar-refractivity contribution in [2.75, 3.05) is 25.6 Å². The third kappa shape index (κ3) is 2.71. The largest absolute Gasteiger partial charge is 0.505 e. The second-order valence-corrected chi connectivity index (χ2v) is 5.99. The van der Waals surface area contributed by atoms with E-state index in [9.17, 15) is 9.50 Å². The number of epoxide rings is 3. The quantitative estimate of drug-likeness (QED) is 0.463. The number of hydrogen-bond donors (Lipinski definition) is 2. The molecule has 0 amide bonds. The number of benzene rings is 1. The summed E-state index contributed by atoms with van der Waals surface area (Å²) in [6.45, 7) is 1.97. The first kappa shape index (κ1) is 13.3. The average molecular weight is 295 g/mol. The van der Waals surface area contributed by atoms with E-state index >= 15 is 0 Å². The van der Waals surface area contributed by atoms with Gasteiger partial charge < -0.3 is 25.1 Å². The minimum absolute atomic E-state index is 0.0174. The molecule has 1 aromatic carbocycles. The summed E-state index contributed by atoms with van der Waals surface area (Å²) < 4.78 is 30.1. The highest BCUT2D eigenvalue weighted by Gasteiger charge is 2.34. The minimum atomic E-state index is -0.612. The van der Waals surface area contributed by atoms with Crippen LogP contribution in [-0.4, -0.2) is 43.2 Å². The van der Waals surface area contributed by atoms with Gasteiger partial charge in [0.05, 0.1) is 38.1 Å². The van der Waals surface area contributed by atoms with Gasteiger partial charge in [0, 0.05) is 36.1 Å². The van der Waals surface area contributed by atoms with Crippen LogP contribution in [0.3, 0.4) is 0 Å². The molecule has 0 aliphatic carbocycles. The van der Waals surface area contributed by atoms with E-state index in [4.69, 9.17) is 19.9 Å². The number of rotatable bonds is 6. The number of ether oxygens (including phenoxy) is 3. The molecule has 1 aromatic rings. The van der Waals surface area contributed by atoms with Crippen molar-refractivity contribution in [3.8, 4) is 5.75 Å². The fourth-order valence-electron chi connectivity index (χ4n) is 2.77. The van der Waals surface area contributed by atoms with Crippen molar-refractivity contribution in [1.82, 2.24) is 0 Å². The third-order valence-electron chi connectivity index (χ3n) is 4.28. The fourth-order valence-corrected chi connectivity index (χ4v) is 2.77. The number of anilines is 1. The van der Waals surface area contributed by atoms with Crippen LogP contribution in [-0.2, 0) is 33.5 Å². The van der Waals surface area contributed by atoms with Gasteiger partial charge in [-0.2, -0.15) is 0 Å². The first-order valence-corrected chi connectivity index (χ1v) is 7.28. The molecule has 3 atom stereocenters. The molecular weight excluding hydrogens is 277 g/mol. The van der Waals surface area contributed by atoms with Gasteiger partial charge in [-0.05, 0) is 5.56 Å². The van der Waals surface area contributed by atoms with E-state index in [2.05, 4.69) is 0 Å². The highest BCUT2D eigenvalue weighted by Crippen LogP contribution is 2.39. The Morgan fingerprint density at radius 1 is 0.905 bits per heavy atom. The lowest BCUT2D eigenvalue weighted by Crippen LogP contribution is -2.13. The van der Waals surface area contributed by atoms with Crippen molar-refractivity contribution in [3.63, 3.8) is 0 Å². The van der Waals surface area contributed by atoms with Crippen LogP contribution < -0.4 is 5.73 Å². The lowest BCUT2D eigenvalue weighted by atomic mass is 9.91. The van der Waals surface area contributed by atoms with Crippen LogP contribution in [0.2, 0.25) is 0 Å². The van der Waals surface area contributed by atoms with E-state index < -0.39 is 5.82 Å². The third-order valence-corrected chi connectivity index (χ3v) is 4.28. The topological polar surface area (TPSA) is 83.8 Å². The monoisotopic (exact) mass is 295 g/mol. The Hall–Kier alpha value is -1.37. The van der Waals surface area contributed by atoms with Gasteiger partial charge in [-0.15, -0.1) is 0 Å². The van der Waals surface area contributed by atoms with E-state index in [0.717, 1.165) is 5.56 Å². The summed E-state index contributed by atoms with van der Waals surface area (Å²) >= 11 is 0. The zero-order chi connectivity index (χ0) is 14.6. The Kier molecular flexibility index (Phi) is 3.06. The SMILES string of the molecule is Nc1c(CC2CO2)c(F)c(O)c(CC2CO2)c1CC1CO1. The molecule has 0 saturated carbocycles. The summed E-state index contributed by atoms with van der Waals surface area (Å²) in [4.78, 5) is 0. The summed E-state index contributed by atoms with van der Waals surface area (Å²) in [6, 6.07) is 0. The Balaban J connectivity index is 1.75. The zero-order valence-electron chi connectivity index (χ0n) is 11.6. The Morgan fingerprint density at radius 2 is 1.33 bits per heavy atom. The van der Waals surface area contributed by atoms with E-state index in [1.165, 1.54) is 0 Å². The zero-order valence-corrected chi connectivity index (χ0v) is 11.6. The van der Waals surface area contributed by atoms with E-state index in [0.29, 0.717) is 55.9 Å². The molecule has 3 aliphatic rings. The van der Waals surface area contributed by atoms with Crippen LogP contribution >= 0.6 is 0 Å². The lowest BCUT2D eigenvalue weighted by molar-refractivity contribution is 0.384. The molecule has 3 saturated heterocycles.